The molecule has 2 aromatic heterocycles. The van der Waals surface area contributed by atoms with Gasteiger partial charge in [-0.1, -0.05) is 18.5 Å². The Kier molecular flexibility index (Phi) is 2.91. The van der Waals surface area contributed by atoms with Crippen LogP contribution < -0.4 is 5.73 Å². The van der Waals surface area contributed by atoms with Crippen molar-refractivity contribution in [2.45, 2.75) is 19.9 Å². The second-order valence-corrected chi connectivity index (χ2v) is 4.85. The molecule has 0 unspecified atom stereocenters. The first-order valence-electron chi connectivity index (χ1n) is 6.15. The SMILES string of the molecule is CCCn1c(-c2cn[nH]c2N)nc2cc(Cl)ccc21. The van der Waals surface area contributed by atoms with Crippen LogP contribution in [0, 0.1) is 0 Å². The van der Waals surface area contributed by atoms with Gasteiger partial charge in [0.25, 0.3) is 0 Å². The molecule has 0 bridgehead atoms. The van der Waals surface area contributed by atoms with Crippen molar-refractivity contribution in [2.24, 2.45) is 0 Å². The van der Waals surface area contributed by atoms with Crippen molar-refractivity contribution >= 4 is 28.5 Å². The minimum atomic E-state index is 0.527. The summed E-state index contributed by atoms with van der Waals surface area (Å²) < 4.78 is 2.15. The average Bonchev–Trinajstić information content (AvgIpc) is 2.94. The third-order valence-corrected chi connectivity index (χ3v) is 3.30. The van der Waals surface area contributed by atoms with Crippen molar-refractivity contribution in [3.63, 3.8) is 0 Å². The summed E-state index contributed by atoms with van der Waals surface area (Å²) in [5.74, 6) is 1.35. The van der Waals surface area contributed by atoms with Gasteiger partial charge in [-0.2, -0.15) is 5.10 Å². The highest BCUT2D eigenvalue weighted by molar-refractivity contribution is 6.31. The van der Waals surface area contributed by atoms with Gasteiger partial charge < -0.3 is 10.3 Å². The van der Waals surface area contributed by atoms with E-state index in [9.17, 15) is 0 Å². The minimum absolute atomic E-state index is 0.527. The molecule has 0 saturated carbocycles. The number of nitrogens with two attached hydrogens (primary N) is 1. The van der Waals surface area contributed by atoms with Gasteiger partial charge in [0.05, 0.1) is 22.8 Å². The minimum Gasteiger partial charge on any atom is -0.383 e. The summed E-state index contributed by atoms with van der Waals surface area (Å²) in [6.45, 7) is 3.00. The lowest BCUT2D eigenvalue weighted by molar-refractivity contribution is 0.704. The number of aryl methyl sites for hydroxylation is 1. The van der Waals surface area contributed by atoms with E-state index >= 15 is 0 Å². The number of halogens is 1. The molecule has 98 valence electrons. The first kappa shape index (κ1) is 12.0. The number of imidazole rings is 1. The molecule has 0 amide bonds. The molecule has 0 radical (unpaired) electrons. The molecule has 0 aliphatic heterocycles. The Morgan fingerprint density at radius 1 is 1.42 bits per heavy atom. The quantitative estimate of drug-likeness (QED) is 0.771. The van der Waals surface area contributed by atoms with Crippen LogP contribution in [-0.4, -0.2) is 19.7 Å². The number of H-pyrrole nitrogens is 1. The largest absolute Gasteiger partial charge is 0.383 e. The van der Waals surface area contributed by atoms with Crippen molar-refractivity contribution in [2.75, 3.05) is 5.73 Å². The van der Waals surface area contributed by atoms with Crippen LogP contribution in [0.4, 0.5) is 5.82 Å². The number of aromatic amines is 1. The molecule has 0 atom stereocenters. The topological polar surface area (TPSA) is 72.5 Å². The van der Waals surface area contributed by atoms with Gasteiger partial charge in [-0.25, -0.2) is 4.98 Å². The van der Waals surface area contributed by atoms with Crippen LogP contribution in [0.25, 0.3) is 22.4 Å². The van der Waals surface area contributed by atoms with Gasteiger partial charge in [-0.15, -0.1) is 0 Å². The van der Waals surface area contributed by atoms with Crippen LogP contribution >= 0.6 is 11.6 Å². The van der Waals surface area contributed by atoms with Gasteiger partial charge in [0.1, 0.15) is 11.6 Å². The Hall–Kier alpha value is -2.01. The second kappa shape index (κ2) is 4.59. The number of fused-ring (bicyclic) bond motifs is 1. The molecule has 5 nitrogen and oxygen atoms in total. The van der Waals surface area contributed by atoms with Gasteiger partial charge >= 0.3 is 0 Å². The maximum absolute atomic E-state index is 6.02. The van der Waals surface area contributed by atoms with E-state index in [1.807, 2.05) is 18.2 Å². The Balaban J connectivity index is 2.28. The molecule has 1 aromatic carbocycles. The van der Waals surface area contributed by atoms with Crippen LogP contribution in [0.15, 0.2) is 24.4 Å². The van der Waals surface area contributed by atoms with Crippen LogP contribution in [0.5, 0.6) is 0 Å². The van der Waals surface area contributed by atoms with E-state index in [0.29, 0.717) is 10.8 Å². The fourth-order valence-electron chi connectivity index (χ4n) is 2.23. The standard InChI is InChI=1S/C13H14ClN5/c1-2-5-19-11-4-3-8(14)6-10(11)17-13(19)9-7-16-18-12(9)15/h3-4,6-7H,2,5H2,1H3,(H3,15,16,18). The predicted octanol–water partition coefficient (Wildman–Crippen LogP) is 3.07. The molecule has 0 aliphatic rings. The van der Waals surface area contributed by atoms with Crippen LogP contribution in [0.2, 0.25) is 5.02 Å². The van der Waals surface area contributed by atoms with Crippen LogP contribution in [0.1, 0.15) is 13.3 Å². The summed E-state index contributed by atoms with van der Waals surface area (Å²) in [5, 5.41) is 7.38. The molecule has 3 N–H and O–H groups in total. The number of hydrogen-bond acceptors (Lipinski definition) is 3. The lowest BCUT2D eigenvalue weighted by atomic mass is 10.3. The summed E-state index contributed by atoms with van der Waals surface area (Å²) in [6, 6.07) is 5.73. The summed E-state index contributed by atoms with van der Waals surface area (Å²) in [6.07, 6.45) is 2.71. The summed E-state index contributed by atoms with van der Waals surface area (Å²) >= 11 is 6.02. The van der Waals surface area contributed by atoms with E-state index < -0.39 is 0 Å². The lowest BCUT2D eigenvalue weighted by Gasteiger charge is -2.06. The van der Waals surface area contributed by atoms with Gasteiger partial charge in [-0.3, -0.25) is 5.10 Å². The number of aromatic nitrogens is 4. The van der Waals surface area contributed by atoms with Crippen molar-refractivity contribution in [3.05, 3.63) is 29.4 Å². The molecule has 0 saturated heterocycles. The highest BCUT2D eigenvalue weighted by atomic mass is 35.5. The zero-order valence-corrected chi connectivity index (χ0v) is 11.3. The summed E-state index contributed by atoms with van der Waals surface area (Å²) in [7, 11) is 0. The molecule has 0 spiro atoms. The Morgan fingerprint density at radius 3 is 2.95 bits per heavy atom. The second-order valence-electron chi connectivity index (χ2n) is 4.42. The van der Waals surface area contributed by atoms with E-state index in [-0.39, 0.29) is 0 Å². The predicted molar refractivity (Wildman–Crippen MR) is 77.0 cm³/mol. The van der Waals surface area contributed by atoms with Crippen molar-refractivity contribution < 1.29 is 0 Å². The number of nitrogens with one attached hydrogen (secondary N) is 1. The van der Waals surface area contributed by atoms with E-state index in [1.54, 1.807) is 6.20 Å². The number of nitrogens with zero attached hydrogens (tertiary/aromatic N) is 3. The van der Waals surface area contributed by atoms with Crippen molar-refractivity contribution in [3.8, 4) is 11.4 Å². The third kappa shape index (κ3) is 1.96. The van der Waals surface area contributed by atoms with Crippen molar-refractivity contribution in [1.82, 2.24) is 19.7 Å². The number of benzene rings is 1. The molecular weight excluding hydrogens is 262 g/mol. The van der Waals surface area contributed by atoms with Gasteiger partial charge in [0.2, 0.25) is 0 Å². The highest BCUT2D eigenvalue weighted by Crippen LogP contribution is 2.29. The zero-order valence-electron chi connectivity index (χ0n) is 10.5. The zero-order chi connectivity index (χ0) is 13.4. The summed E-state index contributed by atoms with van der Waals surface area (Å²) in [5.41, 5.74) is 8.64. The highest BCUT2D eigenvalue weighted by Gasteiger charge is 2.15. The van der Waals surface area contributed by atoms with Gasteiger partial charge in [-0.05, 0) is 24.6 Å². The first-order chi connectivity index (χ1) is 9.20. The van der Waals surface area contributed by atoms with E-state index in [1.165, 1.54) is 0 Å². The molecule has 3 aromatic rings. The number of rotatable bonds is 3. The normalized spacial score (nSPS) is 11.3. The fraction of sp³-hybridized carbons (Fsp3) is 0.231. The van der Waals surface area contributed by atoms with Gasteiger partial charge in [0.15, 0.2) is 0 Å². The average molecular weight is 276 g/mol. The lowest BCUT2D eigenvalue weighted by Crippen LogP contribution is -2.00. The summed E-state index contributed by atoms with van der Waals surface area (Å²) in [4.78, 5) is 4.63. The Labute approximate surface area is 115 Å². The molecule has 0 aliphatic carbocycles. The maximum atomic E-state index is 6.02. The maximum Gasteiger partial charge on any atom is 0.146 e. The van der Waals surface area contributed by atoms with Crippen LogP contribution in [0.3, 0.4) is 0 Å². The molecule has 0 fully saturated rings. The first-order valence-corrected chi connectivity index (χ1v) is 6.53. The molecule has 2 heterocycles. The third-order valence-electron chi connectivity index (χ3n) is 3.07. The monoisotopic (exact) mass is 275 g/mol. The van der Waals surface area contributed by atoms with Gasteiger partial charge in [0, 0.05) is 11.6 Å². The fourth-order valence-corrected chi connectivity index (χ4v) is 2.40. The number of anilines is 1. The molecule has 19 heavy (non-hydrogen) atoms. The van der Waals surface area contributed by atoms with E-state index in [4.69, 9.17) is 17.3 Å². The molecular formula is C13H14ClN5. The van der Waals surface area contributed by atoms with Crippen LogP contribution in [-0.2, 0) is 6.54 Å². The van der Waals surface area contributed by atoms with E-state index in [2.05, 4.69) is 26.7 Å². The molecule has 6 heteroatoms. The number of nitrogen functional groups attached to an aromatic ring is 1. The van der Waals surface area contributed by atoms with E-state index in [0.717, 1.165) is 35.4 Å². The molecule has 3 rings (SSSR count). The van der Waals surface area contributed by atoms with Crippen molar-refractivity contribution in [1.29, 1.82) is 0 Å². The smallest absolute Gasteiger partial charge is 0.146 e. The number of hydrogen-bond donors (Lipinski definition) is 2. The Morgan fingerprint density at radius 2 is 2.26 bits per heavy atom. The Bertz CT molecular complexity index is 728.